The first-order chi connectivity index (χ1) is 9.61. The molecule has 4 nitrogen and oxygen atoms in total. The molecule has 0 saturated heterocycles. The Balaban J connectivity index is 2.63. The molecule has 0 heterocycles. The number of carbonyl (C=O) groups is 1. The molecule has 0 aromatic heterocycles. The summed E-state index contributed by atoms with van der Waals surface area (Å²) in [6, 6.07) is 3.81. The molecule has 0 atom stereocenters. The average molecular weight is 420 g/mol. The van der Waals surface area contributed by atoms with Gasteiger partial charge in [0.15, 0.2) is 6.61 Å². The maximum Gasteiger partial charge on any atom is 0.277 e. The minimum Gasteiger partial charge on any atom is -0.482 e. The summed E-state index contributed by atoms with van der Waals surface area (Å²) in [5.74, 6) is 0.373. The predicted octanol–water partition coefficient (Wildman–Crippen LogP) is 4.44. The number of nitrogens with one attached hydrogen (secondary N) is 1. The molecule has 0 bridgehead atoms. The van der Waals surface area contributed by atoms with Crippen LogP contribution in [0.4, 0.5) is 0 Å². The molecule has 1 amide bonds. The molecule has 0 aliphatic rings. The number of hydrogen-bond acceptors (Lipinski definition) is 3. The van der Waals surface area contributed by atoms with E-state index in [9.17, 15) is 4.79 Å². The number of ether oxygens (including phenoxy) is 1. The molecule has 1 N–H and O–H groups in total. The van der Waals surface area contributed by atoms with Crippen molar-refractivity contribution >= 4 is 43.5 Å². The molecule has 0 aliphatic carbocycles. The molecule has 6 heteroatoms. The van der Waals surface area contributed by atoms with E-state index in [1.165, 1.54) is 0 Å². The van der Waals surface area contributed by atoms with Gasteiger partial charge in [0, 0.05) is 15.6 Å². The lowest BCUT2D eigenvalue weighted by Crippen LogP contribution is -2.28. The van der Waals surface area contributed by atoms with Crippen LogP contribution in [0.25, 0.3) is 0 Å². The van der Waals surface area contributed by atoms with Gasteiger partial charge in [0.25, 0.3) is 5.91 Å². The molecule has 1 aromatic rings. The van der Waals surface area contributed by atoms with E-state index < -0.39 is 0 Å². The van der Waals surface area contributed by atoms with Crippen LogP contribution < -0.4 is 10.2 Å². The van der Waals surface area contributed by atoms with Gasteiger partial charge in [0.05, 0.1) is 4.47 Å². The fraction of sp³-hybridized carbons (Fsp3) is 0.467. The normalized spacial score (nSPS) is 12.2. The van der Waals surface area contributed by atoms with Crippen molar-refractivity contribution in [1.82, 2.24) is 5.43 Å². The van der Waals surface area contributed by atoms with Crippen molar-refractivity contribution in [3.8, 4) is 5.75 Å². The zero-order valence-corrected chi connectivity index (χ0v) is 16.1. The number of carbonyl (C=O) groups excluding carboxylic acids is 1. The Hall–Kier alpha value is -0.880. The molecule has 0 fully saturated rings. The number of nitrogens with zero attached hydrogens (tertiary/aromatic N) is 1. The standard InChI is InChI=1S/C15H20Br2N2O2/c1-9-6-11(16)7-12(17)14(9)21-8-13(20)19-18-10(2)15(3,4)5/h6-7H,8H2,1-5H3,(H,19,20). The van der Waals surface area contributed by atoms with Gasteiger partial charge in [-0.05, 0) is 47.5 Å². The second-order valence-corrected chi connectivity index (χ2v) is 7.57. The second kappa shape index (κ2) is 7.40. The number of amides is 1. The fourth-order valence-electron chi connectivity index (χ4n) is 1.36. The van der Waals surface area contributed by atoms with E-state index in [1.807, 2.05) is 46.8 Å². The summed E-state index contributed by atoms with van der Waals surface area (Å²) in [5.41, 5.74) is 4.24. The van der Waals surface area contributed by atoms with E-state index in [2.05, 4.69) is 42.4 Å². The van der Waals surface area contributed by atoms with Crippen molar-refractivity contribution in [2.45, 2.75) is 34.6 Å². The van der Waals surface area contributed by atoms with Crippen LogP contribution >= 0.6 is 31.9 Å². The van der Waals surface area contributed by atoms with E-state index in [0.29, 0.717) is 5.75 Å². The summed E-state index contributed by atoms with van der Waals surface area (Å²) >= 11 is 6.83. The molecule has 0 spiro atoms. The molecule has 116 valence electrons. The highest BCUT2D eigenvalue weighted by molar-refractivity contribution is 9.11. The van der Waals surface area contributed by atoms with Crippen molar-refractivity contribution in [3.63, 3.8) is 0 Å². The Morgan fingerprint density at radius 2 is 1.95 bits per heavy atom. The van der Waals surface area contributed by atoms with Gasteiger partial charge in [0.1, 0.15) is 5.75 Å². The van der Waals surface area contributed by atoms with Crippen molar-refractivity contribution in [2.24, 2.45) is 10.5 Å². The number of rotatable bonds is 4. The van der Waals surface area contributed by atoms with E-state index in [4.69, 9.17) is 4.74 Å². The Bertz CT molecular complexity index is 540. The molecular weight excluding hydrogens is 400 g/mol. The smallest absolute Gasteiger partial charge is 0.277 e. The second-order valence-electron chi connectivity index (χ2n) is 5.80. The molecule has 1 aromatic carbocycles. The maximum atomic E-state index is 11.8. The number of benzene rings is 1. The third-order valence-electron chi connectivity index (χ3n) is 2.98. The van der Waals surface area contributed by atoms with E-state index in [0.717, 1.165) is 20.2 Å². The highest BCUT2D eigenvalue weighted by atomic mass is 79.9. The van der Waals surface area contributed by atoms with Crippen LogP contribution in [0.1, 0.15) is 33.3 Å². The predicted molar refractivity (Wildman–Crippen MR) is 92.8 cm³/mol. The third kappa shape index (κ3) is 5.79. The van der Waals surface area contributed by atoms with Crippen LogP contribution in [-0.4, -0.2) is 18.2 Å². The topological polar surface area (TPSA) is 50.7 Å². The highest BCUT2D eigenvalue weighted by Gasteiger charge is 2.15. The van der Waals surface area contributed by atoms with Gasteiger partial charge in [0.2, 0.25) is 0 Å². The first-order valence-electron chi connectivity index (χ1n) is 6.53. The fourth-order valence-corrected chi connectivity index (χ4v) is 2.91. The van der Waals surface area contributed by atoms with Gasteiger partial charge in [-0.3, -0.25) is 4.79 Å². The quantitative estimate of drug-likeness (QED) is 0.579. The summed E-state index contributed by atoms with van der Waals surface area (Å²) in [4.78, 5) is 11.8. The van der Waals surface area contributed by atoms with Crippen LogP contribution in [0, 0.1) is 12.3 Å². The van der Waals surface area contributed by atoms with Gasteiger partial charge >= 0.3 is 0 Å². The Morgan fingerprint density at radius 3 is 2.48 bits per heavy atom. The molecule has 1 rings (SSSR count). The van der Waals surface area contributed by atoms with Crippen LogP contribution in [0.3, 0.4) is 0 Å². The largest absolute Gasteiger partial charge is 0.482 e. The Kier molecular flexibility index (Phi) is 6.41. The summed E-state index contributed by atoms with van der Waals surface area (Å²) < 4.78 is 7.31. The average Bonchev–Trinajstić information content (AvgIpc) is 2.33. The Morgan fingerprint density at radius 1 is 1.33 bits per heavy atom. The van der Waals surface area contributed by atoms with Gasteiger partial charge in [-0.1, -0.05) is 36.7 Å². The lowest BCUT2D eigenvalue weighted by Gasteiger charge is -2.17. The van der Waals surface area contributed by atoms with Crippen LogP contribution in [-0.2, 0) is 4.79 Å². The van der Waals surface area contributed by atoms with Crippen molar-refractivity contribution in [1.29, 1.82) is 0 Å². The van der Waals surface area contributed by atoms with Crippen molar-refractivity contribution < 1.29 is 9.53 Å². The van der Waals surface area contributed by atoms with Crippen LogP contribution in [0.5, 0.6) is 5.75 Å². The van der Waals surface area contributed by atoms with Gasteiger partial charge < -0.3 is 4.74 Å². The summed E-state index contributed by atoms with van der Waals surface area (Å²) in [7, 11) is 0. The zero-order chi connectivity index (χ0) is 16.2. The SMILES string of the molecule is CC(=NNC(=O)COc1c(C)cc(Br)cc1Br)C(C)(C)C. The minimum absolute atomic E-state index is 0.0700. The summed E-state index contributed by atoms with van der Waals surface area (Å²) in [6.07, 6.45) is 0. The number of hydrogen-bond donors (Lipinski definition) is 1. The number of hydrazone groups is 1. The van der Waals surface area contributed by atoms with Crippen molar-refractivity contribution in [2.75, 3.05) is 6.61 Å². The van der Waals surface area contributed by atoms with E-state index in [-0.39, 0.29) is 17.9 Å². The maximum absolute atomic E-state index is 11.8. The molecule has 21 heavy (non-hydrogen) atoms. The molecule has 0 radical (unpaired) electrons. The van der Waals surface area contributed by atoms with Gasteiger partial charge in [-0.2, -0.15) is 5.10 Å². The summed E-state index contributed by atoms with van der Waals surface area (Å²) in [6.45, 7) is 9.84. The van der Waals surface area contributed by atoms with E-state index in [1.54, 1.807) is 0 Å². The van der Waals surface area contributed by atoms with Gasteiger partial charge in [-0.15, -0.1) is 0 Å². The van der Waals surface area contributed by atoms with Crippen LogP contribution in [0.2, 0.25) is 0 Å². The third-order valence-corrected chi connectivity index (χ3v) is 4.02. The summed E-state index contributed by atoms with van der Waals surface area (Å²) in [5, 5.41) is 4.08. The molecule has 0 unspecified atom stereocenters. The molecule has 0 saturated carbocycles. The number of aryl methyl sites for hydroxylation is 1. The number of halogens is 2. The van der Waals surface area contributed by atoms with Crippen molar-refractivity contribution in [3.05, 3.63) is 26.6 Å². The van der Waals surface area contributed by atoms with Crippen LogP contribution in [0.15, 0.2) is 26.2 Å². The first-order valence-corrected chi connectivity index (χ1v) is 8.12. The molecule has 0 aliphatic heterocycles. The lowest BCUT2D eigenvalue weighted by atomic mass is 9.91. The zero-order valence-electron chi connectivity index (χ0n) is 12.9. The highest BCUT2D eigenvalue weighted by Crippen LogP contribution is 2.32. The monoisotopic (exact) mass is 418 g/mol. The first kappa shape index (κ1) is 18.2. The van der Waals surface area contributed by atoms with Gasteiger partial charge in [-0.25, -0.2) is 5.43 Å². The van der Waals surface area contributed by atoms with E-state index >= 15 is 0 Å². The molecular formula is C15H20Br2N2O2. The minimum atomic E-state index is -0.284. The lowest BCUT2D eigenvalue weighted by molar-refractivity contribution is -0.123. The Labute approximate surface area is 142 Å².